The molecule has 0 aromatic heterocycles. The molecule has 1 N–H and O–H groups in total. The van der Waals surface area contributed by atoms with E-state index < -0.39 is 36.3 Å². The van der Waals surface area contributed by atoms with Gasteiger partial charge in [-0.25, -0.2) is 4.79 Å². The van der Waals surface area contributed by atoms with Gasteiger partial charge in [-0.2, -0.15) is 17.6 Å². The number of alkyl halides is 4. The number of ether oxygens (including phenoxy) is 2. The molecule has 0 fully saturated rings. The summed E-state index contributed by atoms with van der Waals surface area (Å²) >= 11 is 0. The van der Waals surface area contributed by atoms with Gasteiger partial charge in [0.2, 0.25) is 0 Å². The number of hydrogen-bond acceptors (Lipinski definition) is 3. The summed E-state index contributed by atoms with van der Waals surface area (Å²) in [5, 5.41) is 8.64. The van der Waals surface area contributed by atoms with Crippen molar-refractivity contribution in [1.82, 2.24) is 0 Å². The van der Waals surface area contributed by atoms with Crippen molar-refractivity contribution in [1.29, 1.82) is 0 Å². The first kappa shape index (κ1) is 13.1. The lowest BCUT2D eigenvalue weighted by Crippen LogP contribution is -2.09. The Morgan fingerprint density at radius 3 is 2.18 bits per heavy atom. The third-order valence-electron chi connectivity index (χ3n) is 1.62. The zero-order valence-corrected chi connectivity index (χ0v) is 8.07. The Hall–Kier alpha value is -1.99. The van der Waals surface area contributed by atoms with E-state index in [0.29, 0.717) is 6.07 Å². The molecule has 0 unspecified atom stereocenters. The van der Waals surface area contributed by atoms with Gasteiger partial charge in [-0.1, -0.05) is 0 Å². The molecule has 0 aliphatic rings. The molecule has 8 heteroatoms. The maximum absolute atomic E-state index is 12.0. The van der Waals surface area contributed by atoms with E-state index in [1.54, 1.807) is 0 Å². The highest BCUT2D eigenvalue weighted by Gasteiger charge is 2.17. The van der Waals surface area contributed by atoms with Gasteiger partial charge in [-0.05, 0) is 12.1 Å². The summed E-state index contributed by atoms with van der Waals surface area (Å²) in [6, 6.07) is 2.40. The number of benzene rings is 1. The normalized spacial score (nSPS) is 10.7. The number of halogens is 4. The molecule has 0 aliphatic carbocycles. The molecule has 0 radical (unpaired) electrons. The first-order valence-electron chi connectivity index (χ1n) is 4.17. The van der Waals surface area contributed by atoms with Gasteiger partial charge in [0.1, 0.15) is 17.1 Å². The second kappa shape index (κ2) is 5.37. The molecule has 0 saturated carbocycles. The molecular formula is C9H6F4O4. The van der Waals surface area contributed by atoms with Gasteiger partial charge in [0.05, 0.1) is 0 Å². The minimum atomic E-state index is -3.27. The van der Waals surface area contributed by atoms with Crippen molar-refractivity contribution in [2.45, 2.75) is 13.2 Å². The van der Waals surface area contributed by atoms with Crippen LogP contribution in [0.15, 0.2) is 18.2 Å². The molecule has 1 aromatic carbocycles. The quantitative estimate of drug-likeness (QED) is 0.820. The van der Waals surface area contributed by atoms with Crippen LogP contribution in [0, 0.1) is 0 Å². The van der Waals surface area contributed by atoms with Crippen LogP contribution in [0.4, 0.5) is 17.6 Å². The molecule has 0 amide bonds. The van der Waals surface area contributed by atoms with Crippen molar-refractivity contribution in [2.75, 3.05) is 0 Å². The largest absolute Gasteiger partial charge is 0.478 e. The fourth-order valence-corrected chi connectivity index (χ4v) is 1.05. The van der Waals surface area contributed by atoms with Gasteiger partial charge < -0.3 is 14.6 Å². The minimum Gasteiger partial charge on any atom is -0.478 e. The summed E-state index contributed by atoms with van der Waals surface area (Å²) in [6.07, 6.45) is 0. The van der Waals surface area contributed by atoms with Crippen molar-refractivity contribution in [2.24, 2.45) is 0 Å². The SMILES string of the molecule is O=C(O)c1ccc(OC(F)F)cc1OC(F)F. The second-order valence-corrected chi connectivity index (χ2v) is 2.72. The fourth-order valence-electron chi connectivity index (χ4n) is 1.05. The number of carbonyl (C=O) groups is 1. The molecule has 1 rings (SSSR count). The van der Waals surface area contributed by atoms with E-state index in [1.807, 2.05) is 0 Å². The molecule has 17 heavy (non-hydrogen) atoms. The van der Waals surface area contributed by atoms with E-state index in [-0.39, 0.29) is 0 Å². The Morgan fingerprint density at radius 1 is 1.12 bits per heavy atom. The van der Waals surface area contributed by atoms with E-state index in [1.165, 1.54) is 0 Å². The van der Waals surface area contributed by atoms with Crippen molar-refractivity contribution >= 4 is 5.97 Å². The number of carboxylic acids is 1. The number of hydrogen-bond donors (Lipinski definition) is 1. The predicted molar refractivity (Wildman–Crippen MR) is 46.7 cm³/mol. The molecule has 1 aromatic rings. The molecule has 0 spiro atoms. The Balaban J connectivity index is 3.05. The van der Waals surface area contributed by atoms with Crippen LogP contribution in [0.2, 0.25) is 0 Å². The average Bonchev–Trinajstić information content (AvgIpc) is 2.15. The summed E-state index contributed by atoms with van der Waals surface area (Å²) in [6.45, 7) is -6.42. The van der Waals surface area contributed by atoms with Crippen molar-refractivity contribution in [3.8, 4) is 11.5 Å². The second-order valence-electron chi connectivity index (χ2n) is 2.72. The first-order valence-corrected chi connectivity index (χ1v) is 4.17. The highest BCUT2D eigenvalue weighted by Crippen LogP contribution is 2.27. The minimum absolute atomic E-state index is 0.472. The van der Waals surface area contributed by atoms with Gasteiger partial charge in [-0.15, -0.1) is 0 Å². The van der Waals surface area contributed by atoms with E-state index in [9.17, 15) is 22.4 Å². The fraction of sp³-hybridized carbons (Fsp3) is 0.222. The molecule has 0 bridgehead atoms. The predicted octanol–water partition coefficient (Wildman–Crippen LogP) is 2.59. The summed E-state index contributed by atoms with van der Waals surface area (Å²) in [5.74, 6) is -2.74. The smallest absolute Gasteiger partial charge is 0.387 e. The lowest BCUT2D eigenvalue weighted by molar-refractivity contribution is -0.0545. The highest BCUT2D eigenvalue weighted by atomic mass is 19.3. The molecule has 0 aliphatic heterocycles. The molecule has 0 atom stereocenters. The van der Waals surface area contributed by atoms with Crippen LogP contribution >= 0.6 is 0 Å². The average molecular weight is 254 g/mol. The van der Waals surface area contributed by atoms with Crippen LogP contribution < -0.4 is 9.47 Å². The number of carboxylic acid groups (broad SMARTS) is 1. The summed E-state index contributed by atoms with van der Waals surface area (Å²) in [7, 11) is 0. The molecular weight excluding hydrogens is 248 g/mol. The van der Waals surface area contributed by atoms with E-state index in [0.717, 1.165) is 12.1 Å². The Bertz CT molecular complexity index is 408. The summed E-state index contributed by atoms with van der Waals surface area (Å²) in [5.41, 5.74) is -0.577. The van der Waals surface area contributed by atoms with Gasteiger partial charge in [0.15, 0.2) is 0 Å². The van der Waals surface area contributed by atoms with Gasteiger partial charge in [0, 0.05) is 6.07 Å². The Labute approximate surface area is 92.4 Å². The topological polar surface area (TPSA) is 55.8 Å². The van der Waals surface area contributed by atoms with E-state index >= 15 is 0 Å². The first-order chi connectivity index (χ1) is 7.90. The zero-order chi connectivity index (χ0) is 13.0. The van der Waals surface area contributed by atoms with Crippen LogP contribution in [0.3, 0.4) is 0 Å². The third kappa shape index (κ3) is 3.82. The van der Waals surface area contributed by atoms with Gasteiger partial charge in [0.25, 0.3) is 0 Å². The Morgan fingerprint density at radius 2 is 1.71 bits per heavy atom. The maximum atomic E-state index is 12.0. The summed E-state index contributed by atoms with van der Waals surface area (Å²) in [4.78, 5) is 10.6. The molecule has 0 saturated heterocycles. The molecule has 0 heterocycles. The monoisotopic (exact) mass is 254 g/mol. The standard InChI is InChI=1S/C9H6F4O4/c10-8(11)16-4-1-2-5(7(14)15)6(3-4)17-9(12)13/h1-3,8-9H,(H,14,15). The van der Waals surface area contributed by atoms with Crippen molar-refractivity contribution in [3.63, 3.8) is 0 Å². The van der Waals surface area contributed by atoms with Crippen molar-refractivity contribution in [3.05, 3.63) is 23.8 Å². The van der Waals surface area contributed by atoms with Crippen LogP contribution in [0.25, 0.3) is 0 Å². The lowest BCUT2D eigenvalue weighted by Gasteiger charge is -2.10. The lowest BCUT2D eigenvalue weighted by atomic mass is 10.2. The molecule has 94 valence electrons. The highest BCUT2D eigenvalue weighted by molar-refractivity contribution is 5.91. The number of rotatable bonds is 5. The van der Waals surface area contributed by atoms with Crippen molar-refractivity contribution < 1.29 is 36.9 Å². The van der Waals surface area contributed by atoms with Crippen LogP contribution in [0.5, 0.6) is 11.5 Å². The maximum Gasteiger partial charge on any atom is 0.387 e. The van der Waals surface area contributed by atoms with Crippen LogP contribution in [-0.2, 0) is 0 Å². The van der Waals surface area contributed by atoms with Gasteiger partial charge in [-0.3, -0.25) is 0 Å². The third-order valence-corrected chi connectivity index (χ3v) is 1.62. The van der Waals surface area contributed by atoms with E-state index in [4.69, 9.17) is 5.11 Å². The number of aromatic carboxylic acids is 1. The molecule has 4 nitrogen and oxygen atoms in total. The zero-order valence-electron chi connectivity index (χ0n) is 8.07. The van der Waals surface area contributed by atoms with Crippen LogP contribution in [0.1, 0.15) is 10.4 Å². The Kier molecular flexibility index (Phi) is 4.13. The van der Waals surface area contributed by atoms with Gasteiger partial charge >= 0.3 is 19.2 Å². The summed E-state index contributed by atoms with van der Waals surface area (Å²) < 4.78 is 55.4. The van der Waals surface area contributed by atoms with Crippen LogP contribution in [-0.4, -0.2) is 24.3 Å². The van der Waals surface area contributed by atoms with E-state index in [2.05, 4.69) is 9.47 Å².